The van der Waals surface area contributed by atoms with Crippen LogP contribution in [0.1, 0.15) is 36.7 Å². The minimum Gasteiger partial charge on any atom is -0.306 e. The highest BCUT2D eigenvalue weighted by Gasteiger charge is 2.22. The highest BCUT2D eigenvalue weighted by atomic mass is 19.1. The number of hydrogen-bond acceptors (Lipinski definition) is 2. The Morgan fingerprint density at radius 1 is 1.25 bits per heavy atom. The smallest absolute Gasteiger partial charge is 0.128 e. The second-order valence-electron chi connectivity index (χ2n) is 4.71. The van der Waals surface area contributed by atoms with E-state index in [4.69, 9.17) is 0 Å². The van der Waals surface area contributed by atoms with Gasteiger partial charge in [-0.2, -0.15) is 5.10 Å². The van der Waals surface area contributed by atoms with Crippen molar-refractivity contribution in [1.82, 2.24) is 15.1 Å². The van der Waals surface area contributed by atoms with Crippen molar-refractivity contribution >= 4 is 0 Å². The van der Waals surface area contributed by atoms with Gasteiger partial charge in [-0.05, 0) is 31.2 Å². The van der Waals surface area contributed by atoms with Crippen molar-refractivity contribution in [2.24, 2.45) is 7.05 Å². The third kappa shape index (κ3) is 2.88. The maximum atomic E-state index is 14.0. The quantitative estimate of drug-likeness (QED) is 0.912. The van der Waals surface area contributed by atoms with Crippen LogP contribution in [-0.2, 0) is 13.5 Å². The number of hydrogen-bond donors (Lipinski definition) is 1. The van der Waals surface area contributed by atoms with Crippen molar-refractivity contribution < 1.29 is 8.78 Å². The molecule has 1 atom stereocenters. The number of nitrogens with zero attached hydrogens (tertiary/aromatic N) is 2. The number of aryl methyl sites for hydroxylation is 2. The highest BCUT2D eigenvalue weighted by Crippen LogP contribution is 2.27. The van der Waals surface area contributed by atoms with E-state index in [1.165, 1.54) is 6.07 Å². The monoisotopic (exact) mass is 279 g/mol. The summed E-state index contributed by atoms with van der Waals surface area (Å²) < 4.78 is 29.2. The lowest BCUT2D eigenvalue weighted by Gasteiger charge is -2.19. The largest absolute Gasteiger partial charge is 0.306 e. The molecular formula is C15H19F2N3. The fourth-order valence-corrected chi connectivity index (χ4v) is 2.40. The van der Waals surface area contributed by atoms with E-state index in [1.54, 1.807) is 4.68 Å². The van der Waals surface area contributed by atoms with Gasteiger partial charge in [0.15, 0.2) is 0 Å². The molecule has 0 saturated carbocycles. The Labute approximate surface area is 117 Å². The third-order valence-electron chi connectivity index (χ3n) is 3.26. The molecule has 0 radical (unpaired) electrons. The van der Waals surface area contributed by atoms with Crippen LogP contribution in [0.5, 0.6) is 0 Å². The molecular weight excluding hydrogens is 260 g/mol. The van der Waals surface area contributed by atoms with Gasteiger partial charge in [0.1, 0.15) is 11.6 Å². The van der Waals surface area contributed by atoms with E-state index in [0.717, 1.165) is 29.8 Å². The fourth-order valence-electron chi connectivity index (χ4n) is 2.40. The van der Waals surface area contributed by atoms with E-state index in [9.17, 15) is 8.78 Å². The zero-order valence-electron chi connectivity index (χ0n) is 12.0. The number of benzene rings is 1. The molecule has 1 aromatic carbocycles. The Balaban J connectivity index is 2.52. The summed E-state index contributed by atoms with van der Waals surface area (Å²) in [5, 5.41) is 7.58. The molecule has 1 heterocycles. The van der Waals surface area contributed by atoms with Gasteiger partial charge in [-0.3, -0.25) is 4.68 Å². The van der Waals surface area contributed by atoms with Gasteiger partial charge >= 0.3 is 0 Å². The Morgan fingerprint density at radius 3 is 2.65 bits per heavy atom. The Hall–Kier alpha value is -1.75. The summed E-state index contributed by atoms with van der Waals surface area (Å²) in [6, 6.07) is 3.15. The van der Waals surface area contributed by atoms with Crippen molar-refractivity contribution in [2.45, 2.75) is 26.3 Å². The molecule has 108 valence electrons. The lowest BCUT2D eigenvalue weighted by Crippen LogP contribution is -2.23. The number of aromatic nitrogens is 2. The van der Waals surface area contributed by atoms with Gasteiger partial charge in [0.2, 0.25) is 0 Å². The van der Waals surface area contributed by atoms with Gasteiger partial charge in [-0.15, -0.1) is 0 Å². The molecule has 0 spiro atoms. The van der Waals surface area contributed by atoms with E-state index in [1.807, 2.05) is 27.1 Å². The van der Waals surface area contributed by atoms with Crippen LogP contribution >= 0.6 is 0 Å². The maximum absolute atomic E-state index is 14.0. The summed E-state index contributed by atoms with van der Waals surface area (Å²) in [7, 11) is 1.83. The van der Waals surface area contributed by atoms with Gasteiger partial charge < -0.3 is 5.32 Å². The Bertz CT molecular complexity index is 593. The van der Waals surface area contributed by atoms with Crippen LogP contribution in [0.2, 0.25) is 0 Å². The number of nitrogens with one attached hydrogen (secondary N) is 1. The predicted molar refractivity (Wildman–Crippen MR) is 74.5 cm³/mol. The molecule has 0 aliphatic rings. The molecule has 1 N–H and O–H groups in total. The van der Waals surface area contributed by atoms with E-state index in [2.05, 4.69) is 10.4 Å². The van der Waals surface area contributed by atoms with Gasteiger partial charge in [-0.25, -0.2) is 8.78 Å². The maximum Gasteiger partial charge on any atom is 0.128 e. The first kappa shape index (κ1) is 14.7. The molecule has 0 saturated heterocycles. The molecule has 0 aliphatic heterocycles. The van der Waals surface area contributed by atoms with E-state index < -0.39 is 11.6 Å². The average molecular weight is 279 g/mol. The van der Waals surface area contributed by atoms with Crippen LogP contribution in [0.25, 0.3) is 0 Å². The molecule has 2 rings (SSSR count). The first-order valence-electron chi connectivity index (χ1n) is 6.77. The summed E-state index contributed by atoms with van der Waals surface area (Å²) >= 11 is 0. The second-order valence-corrected chi connectivity index (χ2v) is 4.71. The zero-order chi connectivity index (χ0) is 14.7. The lowest BCUT2D eigenvalue weighted by molar-refractivity contribution is 0.543. The van der Waals surface area contributed by atoms with Crippen LogP contribution in [0, 0.1) is 11.6 Å². The topological polar surface area (TPSA) is 29.9 Å². The first-order chi connectivity index (χ1) is 9.56. The predicted octanol–water partition coefficient (Wildman–Crippen LogP) is 2.96. The summed E-state index contributed by atoms with van der Waals surface area (Å²) in [4.78, 5) is 0. The van der Waals surface area contributed by atoms with Gasteiger partial charge in [0.25, 0.3) is 0 Å². The number of halogens is 2. The third-order valence-corrected chi connectivity index (χ3v) is 3.26. The van der Waals surface area contributed by atoms with E-state index in [0.29, 0.717) is 12.1 Å². The molecule has 1 unspecified atom stereocenters. The molecule has 0 fully saturated rings. The van der Waals surface area contributed by atoms with Crippen LogP contribution in [-0.4, -0.2) is 16.3 Å². The van der Waals surface area contributed by atoms with Crippen LogP contribution in [0.4, 0.5) is 8.78 Å². The minimum absolute atomic E-state index is 0.314. The molecule has 0 bridgehead atoms. The molecule has 3 nitrogen and oxygen atoms in total. The first-order valence-corrected chi connectivity index (χ1v) is 6.77. The highest BCUT2D eigenvalue weighted by molar-refractivity contribution is 5.34. The minimum atomic E-state index is -0.439. The summed E-state index contributed by atoms with van der Waals surface area (Å²) in [6.45, 7) is 4.58. The van der Waals surface area contributed by atoms with Crippen molar-refractivity contribution in [1.29, 1.82) is 0 Å². The lowest BCUT2D eigenvalue weighted by atomic mass is 9.97. The molecule has 1 aromatic heterocycles. The van der Waals surface area contributed by atoms with Crippen LogP contribution in [0.15, 0.2) is 24.4 Å². The normalized spacial score (nSPS) is 12.7. The summed E-state index contributed by atoms with van der Waals surface area (Å²) in [6.07, 6.45) is 2.60. The molecule has 0 amide bonds. The van der Waals surface area contributed by atoms with Crippen LogP contribution < -0.4 is 5.32 Å². The van der Waals surface area contributed by atoms with Crippen molar-refractivity contribution in [3.63, 3.8) is 0 Å². The summed E-state index contributed by atoms with van der Waals surface area (Å²) in [5.41, 5.74) is 2.10. The number of rotatable bonds is 5. The van der Waals surface area contributed by atoms with Gasteiger partial charge in [0.05, 0.1) is 11.7 Å². The van der Waals surface area contributed by atoms with Crippen molar-refractivity contribution in [3.05, 3.63) is 52.9 Å². The zero-order valence-corrected chi connectivity index (χ0v) is 12.0. The molecule has 0 aliphatic carbocycles. The molecule has 5 heteroatoms. The average Bonchev–Trinajstić information content (AvgIpc) is 2.80. The molecule has 2 aromatic rings. The van der Waals surface area contributed by atoms with Gasteiger partial charge in [0, 0.05) is 24.4 Å². The van der Waals surface area contributed by atoms with Crippen LogP contribution in [0.3, 0.4) is 0 Å². The fraction of sp³-hybridized carbons (Fsp3) is 0.400. The Morgan fingerprint density at radius 2 is 2.00 bits per heavy atom. The standard InChI is InChI=1S/C15H19F2N3/c1-4-14-12(9-20(3)19-14)15(18-5-2)11-8-10(16)6-7-13(11)17/h6-9,15,18H,4-5H2,1-3H3. The van der Waals surface area contributed by atoms with Crippen molar-refractivity contribution in [2.75, 3.05) is 6.54 Å². The Kier molecular flexibility index (Phi) is 4.49. The SMILES string of the molecule is CCNC(c1cc(F)ccc1F)c1cn(C)nc1CC. The summed E-state index contributed by atoms with van der Waals surface area (Å²) in [5.74, 6) is -0.852. The second kappa shape index (κ2) is 6.13. The molecule has 20 heavy (non-hydrogen) atoms. The van der Waals surface area contributed by atoms with E-state index in [-0.39, 0.29) is 6.04 Å². The van der Waals surface area contributed by atoms with E-state index >= 15 is 0 Å². The van der Waals surface area contributed by atoms with Crippen molar-refractivity contribution in [3.8, 4) is 0 Å². The van der Waals surface area contributed by atoms with Gasteiger partial charge in [-0.1, -0.05) is 13.8 Å².